The Morgan fingerprint density at radius 1 is 1.10 bits per heavy atom. The van der Waals surface area contributed by atoms with Crippen LogP contribution in [0.4, 0.5) is 13.2 Å². The van der Waals surface area contributed by atoms with Crippen LogP contribution in [0.5, 0.6) is 0 Å². The smallest absolute Gasteiger partial charge is 0.481 e. The van der Waals surface area contributed by atoms with Crippen LogP contribution in [0.25, 0.3) is 0 Å². The van der Waals surface area contributed by atoms with Crippen molar-refractivity contribution in [3.8, 4) is 0 Å². The highest BCUT2D eigenvalue weighted by molar-refractivity contribution is 5.73. The van der Waals surface area contributed by atoms with Gasteiger partial charge in [-0.2, -0.15) is 13.2 Å². The monoisotopic (exact) mass is 417 g/mol. The highest BCUT2D eigenvalue weighted by Gasteiger charge is 2.38. The molecule has 0 aromatic heterocycles. The summed E-state index contributed by atoms with van der Waals surface area (Å²) in [5, 5.41) is 19.6. The molecule has 0 bridgehead atoms. The number of benzene rings is 1. The fourth-order valence-electron chi connectivity index (χ4n) is 3.51. The lowest BCUT2D eigenvalue weighted by atomic mass is 9.85. The third kappa shape index (κ3) is 10.9. The molecule has 1 fully saturated rings. The molecule has 1 aliphatic rings. The lowest BCUT2D eigenvalue weighted by Gasteiger charge is -2.25. The molecule has 0 spiro atoms. The van der Waals surface area contributed by atoms with Crippen LogP contribution >= 0.6 is 0 Å². The lowest BCUT2D eigenvalue weighted by molar-refractivity contribution is -0.192. The van der Waals surface area contributed by atoms with Crippen molar-refractivity contribution in [2.24, 2.45) is 5.92 Å². The van der Waals surface area contributed by atoms with E-state index in [4.69, 9.17) is 15.0 Å². The Morgan fingerprint density at radius 2 is 1.66 bits per heavy atom. The van der Waals surface area contributed by atoms with E-state index >= 15 is 0 Å². The normalized spacial score (nSPS) is 15.9. The molecule has 2 rings (SSSR count). The third-order valence-corrected chi connectivity index (χ3v) is 5.02. The fraction of sp³-hybridized carbons (Fsp3) is 0.619. The molecule has 164 valence electrons. The SMILES string of the molecule is CC(CC1CCCCC1)NCc1ccccc1CCC(=O)O.O=C(O)C(F)(F)F. The van der Waals surface area contributed by atoms with E-state index in [2.05, 4.69) is 18.3 Å². The first-order valence-corrected chi connectivity index (χ1v) is 9.91. The largest absolute Gasteiger partial charge is 0.490 e. The number of rotatable bonds is 8. The zero-order chi connectivity index (χ0) is 21.9. The summed E-state index contributed by atoms with van der Waals surface area (Å²) in [5.74, 6) is -2.60. The highest BCUT2D eigenvalue weighted by atomic mass is 19.4. The van der Waals surface area contributed by atoms with Gasteiger partial charge >= 0.3 is 18.1 Å². The third-order valence-electron chi connectivity index (χ3n) is 5.02. The number of carboxylic acids is 2. The van der Waals surface area contributed by atoms with Crippen LogP contribution in [0.2, 0.25) is 0 Å². The van der Waals surface area contributed by atoms with Gasteiger partial charge in [-0.25, -0.2) is 4.79 Å². The average molecular weight is 417 g/mol. The summed E-state index contributed by atoms with van der Waals surface area (Å²) in [6, 6.07) is 8.71. The van der Waals surface area contributed by atoms with Gasteiger partial charge in [0.1, 0.15) is 0 Å². The summed E-state index contributed by atoms with van der Waals surface area (Å²) in [4.78, 5) is 19.7. The van der Waals surface area contributed by atoms with Gasteiger partial charge in [-0.3, -0.25) is 4.79 Å². The topological polar surface area (TPSA) is 86.6 Å². The van der Waals surface area contributed by atoms with E-state index in [0.717, 1.165) is 18.0 Å². The van der Waals surface area contributed by atoms with E-state index in [1.807, 2.05) is 18.2 Å². The fourth-order valence-corrected chi connectivity index (χ4v) is 3.51. The summed E-state index contributed by atoms with van der Waals surface area (Å²) in [6.45, 7) is 3.11. The molecule has 0 amide bonds. The maximum absolute atomic E-state index is 10.8. The van der Waals surface area contributed by atoms with E-state index in [9.17, 15) is 18.0 Å². The van der Waals surface area contributed by atoms with E-state index < -0.39 is 18.1 Å². The molecule has 1 unspecified atom stereocenters. The number of hydrogen-bond donors (Lipinski definition) is 3. The summed E-state index contributed by atoms with van der Waals surface area (Å²) in [5.41, 5.74) is 2.39. The number of nitrogens with one attached hydrogen (secondary N) is 1. The van der Waals surface area contributed by atoms with Gasteiger partial charge in [-0.1, -0.05) is 56.4 Å². The van der Waals surface area contributed by atoms with Gasteiger partial charge in [0, 0.05) is 19.0 Å². The number of hydrogen-bond acceptors (Lipinski definition) is 3. The van der Waals surface area contributed by atoms with Crippen LogP contribution in [0, 0.1) is 5.92 Å². The molecule has 3 N–H and O–H groups in total. The molecule has 1 aromatic carbocycles. The van der Waals surface area contributed by atoms with E-state index in [-0.39, 0.29) is 6.42 Å². The molecule has 0 aliphatic heterocycles. The minimum atomic E-state index is -5.08. The number of carboxylic acid groups (broad SMARTS) is 2. The van der Waals surface area contributed by atoms with E-state index in [1.165, 1.54) is 44.1 Å². The molecule has 1 aromatic rings. The number of halogens is 3. The number of carbonyl (C=O) groups is 2. The Bertz CT molecular complexity index is 643. The highest BCUT2D eigenvalue weighted by Crippen LogP contribution is 2.27. The van der Waals surface area contributed by atoms with E-state index in [1.54, 1.807) is 0 Å². The van der Waals surface area contributed by atoms with Gasteiger partial charge in [0.05, 0.1) is 0 Å². The first-order valence-electron chi connectivity index (χ1n) is 9.91. The molecule has 8 heteroatoms. The molecular formula is C21H30F3NO4. The van der Waals surface area contributed by atoms with Crippen molar-refractivity contribution in [3.05, 3.63) is 35.4 Å². The van der Waals surface area contributed by atoms with Crippen molar-refractivity contribution in [2.75, 3.05) is 0 Å². The molecular weight excluding hydrogens is 387 g/mol. The van der Waals surface area contributed by atoms with Crippen LogP contribution in [-0.2, 0) is 22.6 Å². The Hall–Kier alpha value is -2.09. The predicted molar refractivity (Wildman–Crippen MR) is 104 cm³/mol. The first kappa shape index (κ1) is 24.9. The van der Waals surface area contributed by atoms with Gasteiger partial charge in [0.25, 0.3) is 0 Å². The van der Waals surface area contributed by atoms with Gasteiger partial charge in [-0.05, 0) is 36.8 Å². The van der Waals surface area contributed by atoms with Crippen molar-refractivity contribution in [3.63, 3.8) is 0 Å². The quantitative estimate of drug-likeness (QED) is 0.566. The second kappa shape index (κ2) is 12.5. The summed E-state index contributed by atoms with van der Waals surface area (Å²) >= 11 is 0. The van der Waals surface area contributed by atoms with Gasteiger partial charge in [0.15, 0.2) is 0 Å². The van der Waals surface area contributed by atoms with E-state index in [0.29, 0.717) is 12.5 Å². The molecule has 0 saturated heterocycles. The number of aliphatic carboxylic acids is 2. The van der Waals surface area contributed by atoms with Crippen LogP contribution < -0.4 is 5.32 Å². The molecule has 0 heterocycles. The standard InChI is InChI=1S/C19H29NO2.C2HF3O2/c1-15(13-16-7-3-2-4-8-16)20-14-18-10-6-5-9-17(18)11-12-19(21)22;3-2(4,5)1(6)7/h5-6,9-10,15-16,20H,2-4,7-8,11-14H2,1H3,(H,21,22);(H,6,7). The van der Waals surface area contributed by atoms with Crippen LogP contribution in [0.1, 0.15) is 63.0 Å². The van der Waals surface area contributed by atoms with Gasteiger partial charge < -0.3 is 15.5 Å². The second-order valence-electron chi connectivity index (χ2n) is 7.49. The maximum atomic E-state index is 10.8. The first-order chi connectivity index (χ1) is 13.6. The summed E-state index contributed by atoms with van der Waals surface area (Å²) < 4.78 is 31.7. The van der Waals surface area contributed by atoms with Gasteiger partial charge in [-0.15, -0.1) is 0 Å². The molecule has 1 aliphatic carbocycles. The minimum Gasteiger partial charge on any atom is -0.481 e. The van der Waals surface area contributed by atoms with Crippen molar-refractivity contribution >= 4 is 11.9 Å². The minimum absolute atomic E-state index is 0.203. The Balaban J connectivity index is 0.000000516. The molecule has 5 nitrogen and oxygen atoms in total. The molecule has 29 heavy (non-hydrogen) atoms. The predicted octanol–water partition coefficient (Wildman–Crippen LogP) is 4.79. The van der Waals surface area contributed by atoms with Crippen molar-refractivity contribution < 1.29 is 33.0 Å². The molecule has 0 radical (unpaired) electrons. The Morgan fingerprint density at radius 3 is 2.17 bits per heavy atom. The summed E-state index contributed by atoms with van der Waals surface area (Å²) in [7, 11) is 0. The zero-order valence-corrected chi connectivity index (χ0v) is 16.7. The van der Waals surface area contributed by atoms with Crippen LogP contribution in [0.15, 0.2) is 24.3 Å². The van der Waals surface area contributed by atoms with Gasteiger partial charge in [0.2, 0.25) is 0 Å². The Kier molecular flexibility index (Phi) is 10.7. The number of alkyl halides is 3. The average Bonchev–Trinajstić information content (AvgIpc) is 2.66. The van der Waals surface area contributed by atoms with Crippen molar-refractivity contribution in [1.29, 1.82) is 0 Å². The summed E-state index contributed by atoms with van der Waals surface area (Å²) in [6.07, 6.45) is 3.98. The Labute approximate surface area is 169 Å². The molecule has 1 atom stereocenters. The van der Waals surface area contributed by atoms with Crippen LogP contribution in [-0.4, -0.2) is 34.4 Å². The van der Waals surface area contributed by atoms with Crippen LogP contribution in [0.3, 0.4) is 0 Å². The molecule has 1 saturated carbocycles. The maximum Gasteiger partial charge on any atom is 0.490 e. The number of aryl methyl sites for hydroxylation is 1. The van der Waals surface area contributed by atoms with Crippen molar-refractivity contribution in [1.82, 2.24) is 5.32 Å². The van der Waals surface area contributed by atoms with Crippen molar-refractivity contribution in [2.45, 2.75) is 77.1 Å². The zero-order valence-electron chi connectivity index (χ0n) is 16.7. The second-order valence-corrected chi connectivity index (χ2v) is 7.49. The lowest BCUT2D eigenvalue weighted by Crippen LogP contribution is -2.29.